The van der Waals surface area contributed by atoms with Crippen LogP contribution in [0.25, 0.3) is 17.2 Å². The molecular formula is C18H15ClN6. The van der Waals surface area contributed by atoms with E-state index in [0.717, 1.165) is 16.3 Å². The second-order valence-electron chi connectivity index (χ2n) is 5.53. The van der Waals surface area contributed by atoms with Gasteiger partial charge in [-0.3, -0.25) is 4.98 Å². The quantitative estimate of drug-likeness (QED) is 0.587. The molecule has 0 spiro atoms. The van der Waals surface area contributed by atoms with Gasteiger partial charge in [0.05, 0.1) is 0 Å². The number of rotatable bonds is 4. The van der Waals surface area contributed by atoms with Crippen molar-refractivity contribution in [1.29, 1.82) is 0 Å². The van der Waals surface area contributed by atoms with E-state index in [-0.39, 0.29) is 0 Å². The number of pyridine rings is 2. The highest BCUT2D eigenvalue weighted by molar-refractivity contribution is 6.31. The third kappa shape index (κ3) is 3.12. The maximum atomic E-state index is 6.19. The molecule has 0 fully saturated rings. The molecule has 0 saturated carbocycles. The maximum Gasteiger partial charge on any atom is 0.200 e. The molecule has 0 aliphatic rings. The lowest BCUT2D eigenvalue weighted by Gasteiger charge is -2.09. The first kappa shape index (κ1) is 15.4. The van der Waals surface area contributed by atoms with Crippen LogP contribution in [0.5, 0.6) is 0 Å². The Labute approximate surface area is 149 Å². The van der Waals surface area contributed by atoms with Crippen LogP contribution >= 0.6 is 11.6 Å². The van der Waals surface area contributed by atoms with Gasteiger partial charge < -0.3 is 11.1 Å². The highest BCUT2D eigenvalue weighted by atomic mass is 35.5. The van der Waals surface area contributed by atoms with E-state index in [1.807, 2.05) is 54.6 Å². The van der Waals surface area contributed by atoms with Crippen LogP contribution in [0.15, 0.2) is 60.8 Å². The highest BCUT2D eigenvalue weighted by Gasteiger charge is 2.10. The van der Waals surface area contributed by atoms with Gasteiger partial charge in [0, 0.05) is 35.6 Å². The van der Waals surface area contributed by atoms with Crippen LogP contribution in [0.4, 0.5) is 11.5 Å². The van der Waals surface area contributed by atoms with Gasteiger partial charge in [-0.2, -0.15) is 4.52 Å². The summed E-state index contributed by atoms with van der Waals surface area (Å²) in [4.78, 5) is 8.79. The number of nitrogens with zero attached hydrogens (tertiary/aromatic N) is 4. The number of anilines is 2. The third-order valence-corrected chi connectivity index (χ3v) is 4.17. The van der Waals surface area contributed by atoms with E-state index < -0.39 is 0 Å². The average Bonchev–Trinajstić information content (AvgIpc) is 3.07. The fraction of sp³-hybridized carbons (Fsp3) is 0.0556. The summed E-state index contributed by atoms with van der Waals surface area (Å²) in [6.07, 6.45) is 1.71. The summed E-state index contributed by atoms with van der Waals surface area (Å²) in [6, 6.07) is 17.0. The number of halogens is 1. The Bertz CT molecular complexity index is 1030. The van der Waals surface area contributed by atoms with Gasteiger partial charge in [-0.1, -0.05) is 35.9 Å². The monoisotopic (exact) mass is 350 g/mol. The van der Waals surface area contributed by atoms with E-state index in [2.05, 4.69) is 20.4 Å². The zero-order valence-electron chi connectivity index (χ0n) is 13.2. The van der Waals surface area contributed by atoms with Gasteiger partial charge in [-0.15, -0.1) is 5.10 Å². The zero-order chi connectivity index (χ0) is 17.2. The summed E-state index contributed by atoms with van der Waals surface area (Å²) in [5.41, 5.74) is 9.35. The minimum atomic E-state index is 0.494. The summed E-state index contributed by atoms with van der Waals surface area (Å²) in [7, 11) is 0. The molecule has 0 aliphatic carbocycles. The summed E-state index contributed by atoms with van der Waals surface area (Å²) in [5, 5.41) is 8.47. The van der Waals surface area contributed by atoms with E-state index in [1.54, 1.807) is 10.7 Å². The van der Waals surface area contributed by atoms with Gasteiger partial charge in [-0.05, 0) is 23.8 Å². The lowest BCUT2D eigenvalue weighted by molar-refractivity contribution is 0.973. The van der Waals surface area contributed by atoms with Crippen molar-refractivity contribution >= 4 is 28.8 Å². The van der Waals surface area contributed by atoms with Gasteiger partial charge in [0.1, 0.15) is 11.5 Å². The SMILES string of the molecule is Nc1cc(NCc2ccccc2Cl)cc2nc(-c3ccccn3)nn12. The van der Waals surface area contributed by atoms with Crippen molar-refractivity contribution in [2.45, 2.75) is 6.54 Å². The van der Waals surface area contributed by atoms with Crippen LogP contribution in [0.1, 0.15) is 5.56 Å². The van der Waals surface area contributed by atoms with Crippen LogP contribution in [0, 0.1) is 0 Å². The molecule has 0 aliphatic heterocycles. The van der Waals surface area contributed by atoms with Gasteiger partial charge in [-0.25, -0.2) is 4.98 Å². The Morgan fingerprint density at radius 3 is 2.72 bits per heavy atom. The van der Waals surface area contributed by atoms with E-state index in [4.69, 9.17) is 17.3 Å². The van der Waals surface area contributed by atoms with Crippen LogP contribution in [0.2, 0.25) is 5.02 Å². The molecule has 0 unspecified atom stereocenters. The number of hydrogen-bond acceptors (Lipinski definition) is 5. The zero-order valence-corrected chi connectivity index (χ0v) is 14.0. The van der Waals surface area contributed by atoms with Crippen molar-refractivity contribution in [3.8, 4) is 11.5 Å². The largest absolute Gasteiger partial charge is 0.384 e. The van der Waals surface area contributed by atoms with Crippen LogP contribution in [-0.2, 0) is 6.54 Å². The number of hydrogen-bond donors (Lipinski definition) is 2. The minimum Gasteiger partial charge on any atom is -0.384 e. The van der Waals surface area contributed by atoms with Crippen molar-refractivity contribution < 1.29 is 0 Å². The topological polar surface area (TPSA) is 81.1 Å². The second-order valence-corrected chi connectivity index (χ2v) is 5.94. The molecule has 3 aromatic heterocycles. The fourth-order valence-corrected chi connectivity index (χ4v) is 2.76. The molecule has 4 rings (SSSR count). The van der Waals surface area contributed by atoms with Gasteiger partial charge in [0.15, 0.2) is 5.65 Å². The van der Waals surface area contributed by atoms with E-state index in [1.165, 1.54) is 0 Å². The molecular weight excluding hydrogens is 336 g/mol. The summed E-state index contributed by atoms with van der Waals surface area (Å²) in [6.45, 7) is 0.594. The molecule has 124 valence electrons. The summed E-state index contributed by atoms with van der Waals surface area (Å²) >= 11 is 6.19. The molecule has 6 nitrogen and oxygen atoms in total. The van der Waals surface area contributed by atoms with E-state index in [9.17, 15) is 0 Å². The lowest BCUT2D eigenvalue weighted by atomic mass is 10.2. The smallest absolute Gasteiger partial charge is 0.200 e. The first-order chi connectivity index (χ1) is 12.2. The van der Waals surface area contributed by atoms with Crippen molar-refractivity contribution in [2.24, 2.45) is 0 Å². The number of benzene rings is 1. The molecule has 3 N–H and O–H groups in total. The minimum absolute atomic E-state index is 0.494. The molecule has 0 amide bonds. The fourth-order valence-electron chi connectivity index (χ4n) is 2.55. The maximum absolute atomic E-state index is 6.19. The molecule has 0 saturated heterocycles. The number of nitrogens with one attached hydrogen (secondary N) is 1. The lowest BCUT2D eigenvalue weighted by Crippen LogP contribution is -2.04. The Morgan fingerprint density at radius 1 is 1.08 bits per heavy atom. The van der Waals surface area contributed by atoms with Crippen LogP contribution < -0.4 is 11.1 Å². The molecule has 25 heavy (non-hydrogen) atoms. The van der Waals surface area contributed by atoms with Gasteiger partial charge in [0.25, 0.3) is 0 Å². The van der Waals surface area contributed by atoms with E-state index >= 15 is 0 Å². The predicted molar refractivity (Wildman–Crippen MR) is 99.4 cm³/mol. The van der Waals surface area contributed by atoms with Crippen molar-refractivity contribution in [3.05, 3.63) is 71.4 Å². The normalized spacial score (nSPS) is 10.9. The molecule has 3 heterocycles. The number of aromatic nitrogens is 4. The standard InChI is InChI=1S/C18H15ClN6/c19-14-6-2-1-5-12(14)11-22-13-9-16(20)25-17(10-13)23-18(24-25)15-7-3-4-8-21-15/h1-10,22H,11,20H2. The Morgan fingerprint density at radius 2 is 1.92 bits per heavy atom. The highest BCUT2D eigenvalue weighted by Crippen LogP contribution is 2.22. The van der Waals surface area contributed by atoms with Gasteiger partial charge >= 0.3 is 0 Å². The third-order valence-electron chi connectivity index (χ3n) is 3.80. The molecule has 4 aromatic rings. The van der Waals surface area contributed by atoms with Gasteiger partial charge in [0.2, 0.25) is 5.82 Å². The van der Waals surface area contributed by atoms with Crippen molar-refractivity contribution in [1.82, 2.24) is 19.6 Å². The Kier molecular flexibility index (Phi) is 3.95. The number of fused-ring (bicyclic) bond motifs is 1. The average molecular weight is 351 g/mol. The van der Waals surface area contributed by atoms with Crippen LogP contribution in [-0.4, -0.2) is 19.6 Å². The van der Waals surface area contributed by atoms with Crippen molar-refractivity contribution in [2.75, 3.05) is 11.1 Å². The molecule has 0 radical (unpaired) electrons. The number of nitrogen functional groups attached to an aromatic ring is 1. The number of nitrogens with two attached hydrogens (primary N) is 1. The Hall–Kier alpha value is -3.12. The molecule has 1 aromatic carbocycles. The summed E-state index contributed by atoms with van der Waals surface area (Å²) < 4.78 is 1.60. The first-order valence-corrected chi connectivity index (χ1v) is 8.13. The van der Waals surface area contributed by atoms with Crippen molar-refractivity contribution in [3.63, 3.8) is 0 Å². The van der Waals surface area contributed by atoms with E-state index in [0.29, 0.717) is 29.5 Å². The molecule has 0 bridgehead atoms. The Balaban J connectivity index is 1.64. The molecule has 7 heteroatoms. The first-order valence-electron chi connectivity index (χ1n) is 7.76. The second kappa shape index (κ2) is 6.41. The predicted octanol–water partition coefficient (Wildman–Crippen LogP) is 3.64. The van der Waals surface area contributed by atoms with Crippen LogP contribution in [0.3, 0.4) is 0 Å². The molecule has 0 atom stereocenters. The summed E-state index contributed by atoms with van der Waals surface area (Å²) in [5.74, 6) is 1.03.